The molecule has 1 fully saturated rings. The Kier molecular flexibility index (Phi) is 4.54. The molecule has 0 aliphatic heterocycles. The number of hydrogen-bond acceptors (Lipinski definition) is 5. The highest BCUT2D eigenvalue weighted by Gasteiger charge is 2.24. The van der Waals surface area contributed by atoms with Gasteiger partial charge in [-0.1, -0.05) is 31.4 Å². The van der Waals surface area contributed by atoms with Crippen molar-refractivity contribution in [1.29, 1.82) is 0 Å². The summed E-state index contributed by atoms with van der Waals surface area (Å²) >= 11 is 3.54. The smallest absolute Gasteiger partial charge is 0.204 e. The molecule has 7 heteroatoms. The normalized spacial score (nSPS) is 15.2. The minimum atomic E-state index is -0.168. The summed E-state index contributed by atoms with van der Waals surface area (Å²) in [6.07, 6.45) is 7.83. The average Bonchev–Trinajstić information content (AvgIpc) is 3.06. The number of aromatic nitrogens is 2. The molecule has 5 rings (SSSR count). The molecule has 0 radical (unpaired) electrons. The van der Waals surface area contributed by atoms with E-state index in [2.05, 4.69) is 21.2 Å². The molecule has 148 valence electrons. The van der Waals surface area contributed by atoms with Crippen molar-refractivity contribution in [3.8, 4) is 11.3 Å². The molecule has 0 atom stereocenters. The van der Waals surface area contributed by atoms with Crippen molar-refractivity contribution >= 4 is 44.2 Å². The molecule has 1 aliphatic rings. The molecular formula is C22H21BrN4O2. The van der Waals surface area contributed by atoms with Gasteiger partial charge in [-0.3, -0.25) is 9.20 Å². The molecule has 6 nitrogen and oxygen atoms in total. The molecule has 3 aromatic heterocycles. The largest absolute Gasteiger partial charge is 0.440 e. The number of nitrogens with zero attached hydrogens (tertiary/aromatic N) is 2. The van der Waals surface area contributed by atoms with Gasteiger partial charge in [0.05, 0.1) is 5.39 Å². The summed E-state index contributed by atoms with van der Waals surface area (Å²) in [4.78, 5) is 18.1. The SMILES string of the molecule is Nc1oc2ccccc2c(=O)c1-c1nc2ccc(Br)cn2c1NC1CCCCC1. The topological polar surface area (TPSA) is 85.6 Å². The monoisotopic (exact) mass is 452 g/mol. The summed E-state index contributed by atoms with van der Waals surface area (Å²) in [7, 11) is 0. The van der Waals surface area contributed by atoms with Crippen LogP contribution in [0, 0.1) is 0 Å². The Morgan fingerprint density at radius 1 is 1.14 bits per heavy atom. The zero-order valence-electron chi connectivity index (χ0n) is 15.8. The van der Waals surface area contributed by atoms with Crippen LogP contribution in [0.2, 0.25) is 0 Å². The summed E-state index contributed by atoms with van der Waals surface area (Å²) in [6, 6.07) is 11.3. The van der Waals surface area contributed by atoms with Crippen LogP contribution in [-0.4, -0.2) is 15.4 Å². The lowest BCUT2D eigenvalue weighted by molar-refractivity contribution is 0.461. The average molecular weight is 453 g/mol. The van der Waals surface area contributed by atoms with Crippen molar-refractivity contribution in [3.05, 3.63) is 57.3 Å². The molecule has 3 heterocycles. The van der Waals surface area contributed by atoms with Crippen molar-refractivity contribution in [2.75, 3.05) is 11.1 Å². The van der Waals surface area contributed by atoms with Gasteiger partial charge in [0.1, 0.15) is 28.3 Å². The Labute approximate surface area is 175 Å². The number of pyridine rings is 1. The first-order valence-electron chi connectivity index (χ1n) is 9.87. The fourth-order valence-electron chi connectivity index (χ4n) is 4.15. The lowest BCUT2D eigenvalue weighted by atomic mass is 9.95. The first kappa shape index (κ1) is 18.2. The third-order valence-corrected chi connectivity index (χ3v) is 6.06. The van der Waals surface area contributed by atoms with Crippen LogP contribution < -0.4 is 16.5 Å². The lowest BCUT2D eigenvalue weighted by Crippen LogP contribution is -2.23. The van der Waals surface area contributed by atoms with Gasteiger partial charge >= 0.3 is 0 Å². The number of rotatable bonds is 3. The summed E-state index contributed by atoms with van der Waals surface area (Å²) in [5.41, 5.74) is 8.12. The summed E-state index contributed by atoms with van der Waals surface area (Å²) in [5, 5.41) is 4.14. The van der Waals surface area contributed by atoms with E-state index in [0.29, 0.717) is 28.3 Å². The minimum absolute atomic E-state index is 0.0860. The zero-order valence-corrected chi connectivity index (χ0v) is 17.4. The maximum absolute atomic E-state index is 13.3. The highest BCUT2D eigenvalue weighted by molar-refractivity contribution is 9.10. The Balaban J connectivity index is 1.75. The molecule has 0 bridgehead atoms. The van der Waals surface area contributed by atoms with E-state index in [1.165, 1.54) is 19.3 Å². The minimum Gasteiger partial charge on any atom is -0.440 e. The number of halogens is 1. The Bertz CT molecular complexity index is 1270. The maximum atomic E-state index is 13.3. The summed E-state index contributed by atoms with van der Waals surface area (Å²) in [5.74, 6) is 0.866. The molecule has 0 saturated heterocycles. The first-order valence-corrected chi connectivity index (χ1v) is 10.7. The van der Waals surface area contributed by atoms with E-state index in [-0.39, 0.29) is 11.3 Å². The van der Waals surface area contributed by atoms with E-state index in [1.54, 1.807) is 12.1 Å². The number of nitrogens with two attached hydrogens (primary N) is 1. The number of hydrogen-bond donors (Lipinski definition) is 2. The second kappa shape index (κ2) is 7.22. The van der Waals surface area contributed by atoms with Gasteiger partial charge in [-0.15, -0.1) is 0 Å². The number of para-hydroxylation sites is 1. The van der Waals surface area contributed by atoms with Crippen LogP contribution in [0.3, 0.4) is 0 Å². The van der Waals surface area contributed by atoms with Crippen molar-refractivity contribution in [2.45, 2.75) is 38.1 Å². The van der Waals surface area contributed by atoms with Crippen LogP contribution in [0.25, 0.3) is 27.9 Å². The van der Waals surface area contributed by atoms with Crippen LogP contribution >= 0.6 is 15.9 Å². The highest BCUT2D eigenvalue weighted by Crippen LogP contribution is 2.34. The molecule has 1 saturated carbocycles. The van der Waals surface area contributed by atoms with Gasteiger partial charge in [0.15, 0.2) is 0 Å². The molecule has 0 spiro atoms. The standard InChI is InChI=1S/C22H21BrN4O2/c23-13-10-11-17-26-19(22(27(17)12-13)25-14-6-2-1-3-7-14)18-20(28)15-8-4-5-9-16(15)29-21(18)24/h4-5,8-12,14,25H,1-3,6-7,24H2. The number of nitrogens with one attached hydrogen (secondary N) is 1. The van der Waals surface area contributed by atoms with Crippen LogP contribution in [0.4, 0.5) is 11.7 Å². The Morgan fingerprint density at radius 2 is 1.93 bits per heavy atom. The summed E-state index contributed by atoms with van der Waals surface area (Å²) < 4.78 is 8.69. The van der Waals surface area contributed by atoms with Crippen molar-refractivity contribution in [3.63, 3.8) is 0 Å². The second-order valence-electron chi connectivity index (χ2n) is 7.53. The van der Waals surface area contributed by atoms with E-state index in [0.717, 1.165) is 28.8 Å². The van der Waals surface area contributed by atoms with E-state index in [9.17, 15) is 4.79 Å². The zero-order chi connectivity index (χ0) is 20.0. The fraction of sp³-hybridized carbons (Fsp3) is 0.273. The van der Waals surface area contributed by atoms with Crippen molar-refractivity contribution in [2.24, 2.45) is 0 Å². The van der Waals surface area contributed by atoms with Crippen molar-refractivity contribution in [1.82, 2.24) is 9.38 Å². The predicted octanol–water partition coefficient (Wildman–Crippen LogP) is 5.20. The Morgan fingerprint density at radius 3 is 2.76 bits per heavy atom. The van der Waals surface area contributed by atoms with Crippen LogP contribution in [0.1, 0.15) is 32.1 Å². The van der Waals surface area contributed by atoms with Crippen molar-refractivity contribution < 1.29 is 4.42 Å². The van der Waals surface area contributed by atoms with Gasteiger partial charge < -0.3 is 15.5 Å². The molecule has 1 aromatic carbocycles. The molecule has 0 unspecified atom stereocenters. The molecule has 1 aliphatic carbocycles. The van der Waals surface area contributed by atoms with Gasteiger partial charge in [0, 0.05) is 16.7 Å². The number of fused-ring (bicyclic) bond motifs is 2. The molecule has 29 heavy (non-hydrogen) atoms. The van der Waals surface area contributed by atoms with Gasteiger partial charge in [-0.2, -0.15) is 0 Å². The molecule has 4 aromatic rings. The Hall–Kier alpha value is -2.80. The van der Waals surface area contributed by atoms with E-state index >= 15 is 0 Å². The van der Waals surface area contributed by atoms with Gasteiger partial charge in [-0.25, -0.2) is 4.98 Å². The van der Waals surface area contributed by atoms with E-state index in [4.69, 9.17) is 15.1 Å². The number of imidazole rings is 1. The molecule has 3 N–H and O–H groups in total. The van der Waals surface area contributed by atoms with Gasteiger partial charge in [-0.05, 0) is 53.0 Å². The van der Waals surface area contributed by atoms with Gasteiger partial charge in [0.2, 0.25) is 11.3 Å². The number of benzene rings is 1. The number of anilines is 2. The third kappa shape index (κ3) is 3.19. The van der Waals surface area contributed by atoms with E-state index in [1.807, 2.05) is 34.9 Å². The highest BCUT2D eigenvalue weighted by atomic mass is 79.9. The van der Waals surface area contributed by atoms with Crippen LogP contribution in [-0.2, 0) is 0 Å². The maximum Gasteiger partial charge on any atom is 0.204 e. The number of nitrogen functional groups attached to an aromatic ring is 1. The van der Waals surface area contributed by atoms with Crippen LogP contribution in [0.5, 0.6) is 0 Å². The fourth-order valence-corrected chi connectivity index (χ4v) is 4.49. The lowest BCUT2D eigenvalue weighted by Gasteiger charge is -2.24. The first-order chi connectivity index (χ1) is 14.1. The molecular weight excluding hydrogens is 432 g/mol. The second-order valence-corrected chi connectivity index (χ2v) is 8.45. The summed E-state index contributed by atoms with van der Waals surface area (Å²) in [6.45, 7) is 0. The predicted molar refractivity (Wildman–Crippen MR) is 119 cm³/mol. The molecule has 0 amide bonds. The van der Waals surface area contributed by atoms with Gasteiger partial charge in [0.25, 0.3) is 0 Å². The van der Waals surface area contributed by atoms with Crippen LogP contribution in [0.15, 0.2) is 56.3 Å². The third-order valence-electron chi connectivity index (χ3n) is 5.59. The van der Waals surface area contributed by atoms with E-state index < -0.39 is 0 Å². The quantitative estimate of drug-likeness (QED) is 0.446.